The fourth-order valence-corrected chi connectivity index (χ4v) is 8.25. The summed E-state index contributed by atoms with van der Waals surface area (Å²) in [4.78, 5) is 0. The van der Waals surface area contributed by atoms with E-state index in [-0.39, 0.29) is 16.4 Å². The van der Waals surface area contributed by atoms with E-state index in [0.717, 1.165) is 75.5 Å². The number of nitriles is 1. The van der Waals surface area contributed by atoms with Gasteiger partial charge in [-0.05, 0) is 37.7 Å². The fourth-order valence-electron chi connectivity index (χ4n) is 4.90. The molecule has 5 heteroatoms. The number of sulfone groups is 1. The lowest BCUT2D eigenvalue weighted by Crippen LogP contribution is -2.24. The van der Waals surface area contributed by atoms with Crippen LogP contribution in [-0.2, 0) is 9.84 Å². The third-order valence-corrected chi connectivity index (χ3v) is 10.6. The summed E-state index contributed by atoms with van der Waals surface area (Å²) >= 11 is 1.86. The predicted octanol–water partition coefficient (Wildman–Crippen LogP) is 8.23. The van der Waals surface area contributed by atoms with Gasteiger partial charge >= 0.3 is 0 Å². The quantitative estimate of drug-likeness (QED) is 0.149. The summed E-state index contributed by atoms with van der Waals surface area (Å²) in [6.07, 6.45) is 15.5. The lowest BCUT2D eigenvalue weighted by atomic mass is 9.90. The van der Waals surface area contributed by atoms with Crippen LogP contribution in [0.25, 0.3) is 0 Å². The van der Waals surface area contributed by atoms with E-state index in [1.54, 1.807) is 0 Å². The Labute approximate surface area is 213 Å². The maximum absolute atomic E-state index is 13.1. The molecule has 1 aromatic rings. The normalized spacial score (nSPS) is 17.8. The maximum Gasteiger partial charge on any atom is 0.153 e. The second-order valence-electron chi connectivity index (χ2n) is 9.70. The van der Waals surface area contributed by atoms with Crippen LogP contribution in [0, 0.1) is 11.3 Å². The van der Waals surface area contributed by atoms with Crippen LogP contribution in [0.1, 0.15) is 109 Å². The van der Waals surface area contributed by atoms with Gasteiger partial charge in [-0.3, -0.25) is 0 Å². The number of thioether (sulfide) groups is 1. The zero-order valence-corrected chi connectivity index (χ0v) is 23.0. The van der Waals surface area contributed by atoms with Crippen LogP contribution >= 0.6 is 11.8 Å². The number of benzene rings is 1. The Bertz CT molecular complexity index is 858. The monoisotopic (exact) mass is 503 g/mol. The molecule has 1 aromatic carbocycles. The molecule has 0 saturated carbocycles. The van der Waals surface area contributed by atoms with Crippen molar-refractivity contribution in [3.05, 3.63) is 47.5 Å². The molecule has 1 aliphatic rings. The minimum atomic E-state index is -3.01. The van der Waals surface area contributed by atoms with Crippen LogP contribution < -0.4 is 0 Å². The first-order chi connectivity index (χ1) is 16.5. The standard InChI is InChI=1S/C29H45NO2S2/c1-3-5-7-8-9-15-23-34(31,32)27(19-6-4-2)20-14-13-18-26-21-22-33-29(26)28(24-30)25-16-11-10-12-17-25/h10-12,16-17,21,27-29H,3-9,13-15,18-20,22-23H2,1-2H3. The summed E-state index contributed by atoms with van der Waals surface area (Å²) in [6, 6.07) is 12.6. The average Bonchev–Trinajstić information content (AvgIpc) is 3.30. The smallest absolute Gasteiger partial charge is 0.153 e. The van der Waals surface area contributed by atoms with E-state index in [0.29, 0.717) is 5.75 Å². The Balaban J connectivity index is 1.83. The van der Waals surface area contributed by atoms with Crippen molar-refractivity contribution >= 4 is 21.6 Å². The van der Waals surface area contributed by atoms with Crippen LogP contribution in [0.4, 0.5) is 0 Å². The van der Waals surface area contributed by atoms with Crippen molar-refractivity contribution in [2.24, 2.45) is 0 Å². The first-order valence-electron chi connectivity index (χ1n) is 13.5. The van der Waals surface area contributed by atoms with Crippen molar-refractivity contribution in [1.82, 2.24) is 0 Å². The fraction of sp³-hybridized carbons (Fsp3) is 0.690. The van der Waals surface area contributed by atoms with Gasteiger partial charge in [0.15, 0.2) is 9.84 Å². The molecule has 0 N–H and O–H groups in total. The average molecular weight is 504 g/mol. The van der Waals surface area contributed by atoms with Crippen LogP contribution in [0.5, 0.6) is 0 Å². The van der Waals surface area contributed by atoms with E-state index in [2.05, 4.69) is 38.1 Å². The van der Waals surface area contributed by atoms with Gasteiger partial charge in [-0.1, -0.05) is 107 Å². The molecule has 0 saturated heterocycles. The molecule has 0 fully saturated rings. The van der Waals surface area contributed by atoms with Crippen molar-refractivity contribution in [2.45, 2.75) is 114 Å². The number of rotatable bonds is 18. The van der Waals surface area contributed by atoms with E-state index in [1.165, 1.54) is 24.8 Å². The highest BCUT2D eigenvalue weighted by Gasteiger charge is 2.30. The Morgan fingerprint density at radius 1 is 0.941 bits per heavy atom. The summed E-state index contributed by atoms with van der Waals surface area (Å²) in [5.74, 6) is 1.21. The van der Waals surface area contributed by atoms with E-state index in [4.69, 9.17) is 0 Å². The lowest BCUT2D eigenvalue weighted by Gasteiger charge is -2.21. The summed E-state index contributed by atoms with van der Waals surface area (Å²) in [5, 5.41) is 9.89. The molecule has 34 heavy (non-hydrogen) atoms. The van der Waals surface area contributed by atoms with Crippen molar-refractivity contribution in [3.8, 4) is 6.07 Å². The van der Waals surface area contributed by atoms with Gasteiger partial charge in [0.25, 0.3) is 0 Å². The van der Waals surface area contributed by atoms with Crippen molar-refractivity contribution in [1.29, 1.82) is 5.26 Å². The zero-order valence-electron chi connectivity index (χ0n) is 21.4. The second kappa shape index (κ2) is 16.4. The third-order valence-electron chi connectivity index (χ3n) is 7.00. The van der Waals surface area contributed by atoms with E-state index >= 15 is 0 Å². The molecular formula is C29H45NO2S2. The Kier molecular flexibility index (Phi) is 14.0. The van der Waals surface area contributed by atoms with Crippen molar-refractivity contribution < 1.29 is 8.42 Å². The first kappa shape index (κ1) is 29.0. The van der Waals surface area contributed by atoms with Crippen LogP contribution in [0.3, 0.4) is 0 Å². The molecule has 1 aliphatic heterocycles. The molecule has 3 atom stereocenters. The lowest BCUT2D eigenvalue weighted by molar-refractivity contribution is 0.531. The van der Waals surface area contributed by atoms with Crippen molar-refractivity contribution in [3.63, 3.8) is 0 Å². The van der Waals surface area contributed by atoms with Crippen LogP contribution in [0.2, 0.25) is 0 Å². The van der Waals surface area contributed by atoms with Crippen LogP contribution in [-0.4, -0.2) is 30.4 Å². The molecule has 3 unspecified atom stereocenters. The molecule has 0 spiro atoms. The Hall–Kier alpha value is -1.25. The molecule has 2 rings (SSSR count). The Morgan fingerprint density at radius 3 is 2.32 bits per heavy atom. The molecule has 0 aliphatic carbocycles. The minimum Gasteiger partial charge on any atom is -0.229 e. The molecule has 0 aromatic heterocycles. The maximum atomic E-state index is 13.1. The Morgan fingerprint density at radius 2 is 1.62 bits per heavy atom. The first-order valence-corrected chi connectivity index (χ1v) is 16.3. The SMILES string of the molecule is CCCCCCCCS(=O)(=O)C(CCCC)CCCCC1=CCSC1C(C#N)c1ccccc1. The predicted molar refractivity (Wildman–Crippen MR) is 148 cm³/mol. The number of nitrogens with zero attached hydrogens (tertiary/aromatic N) is 1. The highest BCUT2D eigenvalue weighted by Crippen LogP contribution is 2.40. The minimum absolute atomic E-state index is 0.116. The zero-order chi connectivity index (χ0) is 24.7. The van der Waals surface area contributed by atoms with Crippen LogP contribution in [0.15, 0.2) is 42.0 Å². The summed E-state index contributed by atoms with van der Waals surface area (Å²) in [6.45, 7) is 4.34. The van der Waals surface area contributed by atoms with Gasteiger partial charge < -0.3 is 0 Å². The molecule has 1 heterocycles. The van der Waals surface area contributed by atoms with Gasteiger partial charge in [0.05, 0.1) is 23.0 Å². The number of hydrogen-bond acceptors (Lipinski definition) is 4. The topological polar surface area (TPSA) is 57.9 Å². The molecule has 0 radical (unpaired) electrons. The number of hydrogen-bond donors (Lipinski definition) is 0. The van der Waals surface area contributed by atoms with Crippen molar-refractivity contribution in [2.75, 3.05) is 11.5 Å². The highest BCUT2D eigenvalue weighted by molar-refractivity contribution is 8.00. The van der Waals surface area contributed by atoms with Gasteiger partial charge in [0.1, 0.15) is 0 Å². The molecule has 0 amide bonds. The highest BCUT2D eigenvalue weighted by atomic mass is 32.2. The van der Waals surface area contributed by atoms with Gasteiger partial charge in [0, 0.05) is 11.0 Å². The van der Waals surface area contributed by atoms with E-state index in [9.17, 15) is 13.7 Å². The third kappa shape index (κ3) is 9.78. The molecular weight excluding hydrogens is 458 g/mol. The second-order valence-corrected chi connectivity index (χ2v) is 13.3. The summed E-state index contributed by atoms with van der Waals surface area (Å²) in [5.41, 5.74) is 2.47. The summed E-state index contributed by atoms with van der Waals surface area (Å²) < 4.78 is 26.1. The molecule has 3 nitrogen and oxygen atoms in total. The largest absolute Gasteiger partial charge is 0.229 e. The van der Waals surface area contributed by atoms with Gasteiger partial charge in [0.2, 0.25) is 0 Å². The van der Waals surface area contributed by atoms with Gasteiger partial charge in [-0.15, -0.1) is 11.8 Å². The van der Waals surface area contributed by atoms with E-state index < -0.39 is 9.84 Å². The molecule has 190 valence electrons. The number of unbranched alkanes of at least 4 members (excludes halogenated alkanes) is 7. The molecule has 0 bridgehead atoms. The van der Waals surface area contributed by atoms with Gasteiger partial charge in [-0.2, -0.15) is 5.26 Å². The van der Waals surface area contributed by atoms with E-state index in [1.807, 2.05) is 30.0 Å². The summed E-state index contributed by atoms with van der Waals surface area (Å²) in [7, 11) is -3.01. The van der Waals surface area contributed by atoms with Gasteiger partial charge in [-0.25, -0.2) is 8.42 Å².